The molecular weight excluding hydrogens is 359 g/mol. The maximum atomic E-state index is 13.4. The Morgan fingerprint density at radius 3 is 2.71 bits per heavy atom. The van der Waals surface area contributed by atoms with Gasteiger partial charge in [0, 0.05) is 18.0 Å². The molecule has 3 heterocycles. The molecule has 0 saturated heterocycles. The molecule has 0 aliphatic heterocycles. The van der Waals surface area contributed by atoms with Crippen molar-refractivity contribution in [3.05, 3.63) is 66.0 Å². The van der Waals surface area contributed by atoms with Gasteiger partial charge in [0.25, 0.3) is 0 Å². The first-order chi connectivity index (χ1) is 13.4. The van der Waals surface area contributed by atoms with E-state index in [0.29, 0.717) is 34.2 Å². The number of aliphatic hydroxyl groups is 1. The van der Waals surface area contributed by atoms with Crippen LogP contribution in [0.5, 0.6) is 0 Å². The number of nitrogens with zero attached hydrogens (tertiary/aromatic N) is 6. The second-order valence-electron chi connectivity index (χ2n) is 6.75. The highest BCUT2D eigenvalue weighted by molar-refractivity contribution is 5.67. The van der Waals surface area contributed by atoms with Gasteiger partial charge in [-0.25, -0.2) is 24.3 Å². The van der Waals surface area contributed by atoms with Crippen molar-refractivity contribution < 1.29 is 9.50 Å². The number of hydrogen-bond acceptors (Lipinski definition) is 6. The third-order valence-electron chi connectivity index (χ3n) is 4.27. The zero-order valence-electron chi connectivity index (χ0n) is 15.1. The largest absolute Gasteiger partial charge is 0.384 e. The predicted molar refractivity (Wildman–Crippen MR) is 99.4 cm³/mol. The normalized spacial score (nSPS) is 11.5. The van der Waals surface area contributed by atoms with Gasteiger partial charge in [0.05, 0.1) is 34.9 Å². The SMILES string of the molecule is CC(C)(O)c1ccn2c(-c3ccnc(-c4ccc(F)cc4C#N)n3)cnc2n1. The Balaban J connectivity index is 1.82. The van der Waals surface area contributed by atoms with Gasteiger partial charge >= 0.3 is 0 Å². The average Bonchev–Trinajstić information content (AvgIpc) is 3.10. The number of halogens is 1. The van der Waals surface area contributed by atoms with E-state index >= 15 is 0 Å². The fraction of sp³-hybridized carbons (Fsp3) is 0.150. The Kier molecular flexibility index (Phi) is 4.09. The van der Waals surface area contributed by atoms with Crippen molar-refractivity contribution in [1.82, 2.24) is 24.3 Å². The number of rotatable bonds is 3. The lowest BCUT2D eigenvalue weighted by atomic mass is 10.1. The second-order valence-corrected chi connectivity index (χ2v) is 6.75. The molecule has 0 radical (unpaired) electrons. The Morgan fingerprint density at radius 1 is 1.14 bits per heavy atom. The number of imidazole rings is 1. The van der Waals surface area contributed by atoms with Crippen LogP contribution < -0.4 is 0 Å². The van der Waals surface area contributed by atoms with Gasteiger partial charge in [-0.3, -0.25) is 4.40 Å². The van der Waals surface area contributed by atoms with E-state index in [2.05, 4.69) is 19.9 Å². The number of nitriles is 1. The number of hydrogen-bond donors (Lipinski definition) is 1. The van der Waals surface area contributed by atoms with Crippen LogP contribution in [-0.4, -0.2) is 29.4 Å². The van der Waals surface area contributed by atoms with E-state index in [4.69, 9.17) is 0 Å². The molecule has 4 aromatic rings. The van der Waals surface area contributed by atoms with Crippen LogP contribution in [0, 0.1) is 17.1 Å². The molecule has 1 N–H and O–H groups in total. The molecule has 0 saturated carbocycles. The topological polar surface area (TPSA) is 100.0 Å². The van der Waals surface area contributed by atoms with E-state index in [1.54, 1.807) is 49.0 Å². The first-order valence-corrected chi connectivity index (χ1v) is 8.47. The molecule has 28 heavy (non-hydrogen) atoms. The molecular formula is C20H15FN6O. The van der Waals surface area contributed by atoms with Gasteiger partial charge in [-0.1, -0.05) is 0 Å². The number of benzene rings is 1. The molecule has 0 aliphatic carbocycles. The minimum absolute atomic E-state index is 0.159. The van der Waals surface area contributed by atoms with Crippen LogP contribution >= 0.6 is 0 Å². The fourth-order valence-corrected chi connectivity index (χ4v) is 2.84. The molecule has 0 fully saturated rings. The summed E-state index contributed by atoms with van der Waals surface area (Å²) in [4.78, 5) is 17.4. The third kappa shape index (κ3) is 3.08. The Labute approximate surface area is 159 Å². The van der Waals surface area contributed by atoms with E-state index in [1.807, 2.05) is 6.07 Å². The zero-order valence-corrected chi connectivity index (χ0v) is 15.1. The lowest BCUT2D eigenvalue weighted by Gasteiger charge is -2.16. The van der Waals surface area contributed by atoms with Crippen LogP contribution in [0.15, 0.2) is 48.9 Å². The van der Waals surface area contributed by atoms with Gasteiger partial charge in [-0.05, 0) is 44.2 Å². The van der Waals surface area contributed by atoms with Gasteiger partial charge in [0.2, 0.25) is 5.78 Å². The minimum atomic E-state index is -1.08. The third-order valence-corrected chi connectivity index (χ3v) is 4.27. The summed E-state index contributed by atoms with van der Waals surface area (Å²) in [5, 5.41) is 19.4. The van der Waals surface area contributed by atoms with Crippen molar-refractivity contribution >= 4 is 5.78 Å². The van der Waals surface area contributed by atoms with Crippen molar-refractivity contribution in [2.24, 2.45) is 0 Å². The first-order valence-electron chi connectivity index (χ1n) is 8.47. The summed E-state index contributed by atoms with van der Waals surface area (Å²) in [6, 6.07) is 9.30. The summed E-state index contributed by atoms with van der Waals surface area (Å²) in [6.07, 6.45) is 4.96. The van der Waals surface area contributed by atoms with E-state index in [1.165, 1.54) is 12.1 Å². The summed E-state index contributed by atoms with van der Waals surface area (Å²) in [6.45, 7) is 3.31. The molecule has 138 valence electrons. The smallest absolute Gasteiger partial charge is 0.234 e. The summed E-state index contributed by atoms with van der Waals surface area (Å²) in [5.74, 6) is 0.242. The molecule has 0 amide bonds. The highest BCUT2D eigenvalue weighted by Gasteiger charge is 2.19. The molecule has 0 aliphatic rings. The zero-order chi connectivity index (χ0) is 19.9. The summed E-state index contributed by atoms with van der Waals surface area (Å²) >= 11 is 0. The maximum Gasteiger partial charge on any atom is 0.234 e. The predicted octanol–water partition coefficient (Wildman–Crippen LogP) is 3.09. The first kappa shape index (κ1) is 17.7. The van der Waals surface area contributed by atoms with Crippen molar-refractivity contribution in [3.63, 3.8) is 0 Å². The fourth-order valence-electron chi connectivity index (χ4n) is 2.84. The molecule has 0 atom stereocenters. The van der Waals surface area contributed by atoms with Gasteiger partial charge in [-0.15, -0.1) is 0 Å². The molecule has 8 heteroatoms. The summed E-state index contributed by atoms with van der Waals surface area (Å²) in [7, 11) is 0. The average molecular weight is 374 g/mol. The number of fused-ring (bicyclic) bond motifs is 1. The Morgan fingerprint density at radius 2 is 1.96 bits per heavy atom. The molecule has 1 aromatic carbocycles. The summed E-state index contributed by atoms with van der Waals surface area (Å²) < 4.78 is 15.2. The monoisotopic (exact) mass is 374 g/mol. The second kappa shape index (κ2) is 6.48. The quantitative estimate of drug-likeness (QED) is 0.591. The van der Waals surface area contributed by atoms with Crippen LogP contribution in [0.2, 0.25) is 0 Å². The summed E-state index contributed by atoms with van der Waals surface area (Å²) in [5.41, 5.74) is 1.28. The van der Waals surface area contributed by atoms with Crippen molar-refractivity contribution in [3.8, 4) is 28.8 Å². The van der Waals surface area contributed by atoms with E-state index in [-0.39, 0.29) is 5.56 Å². The van der Waals surface area contributed by atoms with Gasteiger partial charge in [0.1, 0.15) is 11.4 Å². The van der Waals surface area contributed by atoms with Crippen molar-refractivity contribution in [2.75, 3.05) is 0 Å². The van der Waals surface area contributed by atoms with Crippen molar-refractivity contribution in [2.45, 2.75) is 19.4 Å². The van der Waals surface area contributed by atoms with Crippen molar-refractivity contribution in [1.29, 1.82) is 5.26 Å². The lowest BCUT2D eigenvalue weighted by molar-refractivity contribution is 0.0739. The van der Waals surface area contributed by atoms with Crippen LogP contribution in [0.1, 0.15) is 25.1 Å². The van der Waals surface area contributed by atoms with Crippen LogP contribution in [0.3, 0.4) is 0 Å². The highest BCUT2D eigenvalue weighted by atomic mass is 19.1. The lowest BCUT2D eigenvalue weighted by Crippen LogP contribution is -2.18. The molecule has 0 bridgehead atoms. The van der Waals surface area contributed by atoms with Gasteiger partial charge < -0.3 is 5.11 Å². The standard InChI is InChI=1S/C20H15FN6O/c1-20(2,28)17-6-8-27-16(11-24-19(27)26-17)15-5-7-23-18(25-15)14-4-3-13(21)9-12(14)10-22/h3-9,11,28H,1-2H3. The van der Waals surface area contributed by atoms with E-state index in [9.17, 15) is 14.8 Å². The number of aromatic nitrogens is 5. The van der Waals surface area contributed by atoms with E-state index in [0.717, 1.165) is 6.07 Å². The molecule has 3 aromatic heterocycles. The Bertz CT molecular complexity index is 1240. The molecule has 7 nitrogen and oxygen atoms in total. The highest BCUT2D eigenvalue weighted by Crippen LogP contribution is 2.25. The maximum absolute atomic E-state index is 13.4. The van der Waals surface area contributed by atoms with Gasteiger partial charge in [-0.2, -0.15) is 5.26 Å². The van der Waals surface area contributed by atoms with Gasteiger partial charge in [0.15, 0.2) is 5.82 Å². The minimum Gasteiger partial charge on any atom is -0.384 e. The molecule has 4 rings (SSSR count). The molecule has 0 unspecified atom stereocenters. The van der Waals surface area contributed by atoms with Crippen LogP contribution in [-0.2, 0) is 5.60 Å². The van der Waals surface area contributed by atoms with Crippen LogP contribution in [0.4, 0.5) is 4.39 Å². The van der Waals surface area contributed by atoms with Crippen LogP contribution in [0.25, 0.3) is 28.6 Å². The molecule has 0 spiro atoms. The Hall–Kier alpha value is -3.70. The van der Waals surface area contributed by atoms with E-state index < -0.39 is 11.4 Å².